The molecule has 0 fully saturated rings. The van der Waals surface area contributed by atoms with E-state index in [1.807, 2.05) is 18.2 Å². The van der Waals surface area contributed by atoms with Gasteiger partial charge in [0.05, 0.1) is 0 Å². The Bertz CT molecular complexity index is 414. The van der Waals surface area contributed by atoms with E-state index < -0.39 is 0 Å². The average molecular weight is 258 g/mol. The van der Waals surface area contributed by atoms with Crippen LogP contribution in [0.25, 0.3) is 6.08 Å². The summed E-state index contributed by atoms with van der Waals surface area (Å²) in [6.45, 7) is 10.7. The van der Waals surface area contributed by atoms with E-state index in [1.165, 1.54) is 12.8 Å². The topological polar surface area (TPSA) is 20.2 Å². The summed E-state index contributed by atoms with van der Waals surface area (Å²) in [6.07, 6.45) is 9.97. The molecule has 0 heterocycles. The lowest BCUT2D eigenvalue weighted by Gasteiger charge is -2.22. The SMILES string of the molecule is C=C[C@@](C)(/C=C/c1ccc(O)cc1)CCCC(C)C. The van der Waals surface area contributed by atoms with Gasteiger partial charge in [-0.1, -0.05) is 64.0 Å². The number of phenols is 1. The minimum absolute atomic E-state index is 0.0484. The number of rotatable bonds is 7. The van der Waals surface area contributed by atoms with E-state index in [4.69, 9.17) is 0 Å². The lowest BCUT2D eigenvalue weighted by molar-refractivity contribution is 0.436. The van der Waals surface area contributed by atoms with Crippen molar-refractivity contribution in [2.45, 2.75) is 40.0 Å². The number of benzene rings is 1. The molecular weight excluding hydrogens is 232 g/mol. The van der Waals surface area contributed by atoms with E-state index in [2.05, 4.69) is 39.5 Å². The molecule has 0 aliphatic heterocycles. The standard InChI is InChI=1S/C18H26O/c1-5-18(4,13-6-7-15(2)3)14-12-16-8-10-17(19)11-9-16/h5,8-12,14-15,19H,1,6-7,13H2,2-4H3/b14-12+/t18-/m1/s1. The monoisotopic (exact) mass is 258 g/mol. The number of hydrogen-bond acceptors (Lipinski definition) is 1. The molecule has 0 saturated carbocycles. The van der Waals surface area contributed by atoms with Gasteiger partial charge in [-0.3, -0.25) is 0 Å². The first kappa shape index (κ1) is 15.6. The fourth-order valence-corrected chi connectivity index (χ4v) is 2.02. The molecule has 0 amide bonds. The van der Waals surface area contributed by atoms with Gasteiger partial charge in [-0.25, -0.2) is 0 Å². The van der Waals surface area contributed by atoms with Crippen molar-refractivity contribution in [2.75, 3.05) is 0 Å². The van der Waals surface area contributed by atoms with Crippen molar-refractivity contribution in [1.29, 1.82) is 0 Å². The highest BCUT2D eigenvalue weighted by molar-refractivity contribution is 5.51. The molecule has 0 unspecified atom stereocenters. The second-order valence-corrected chi connectivity index (χ2v) is 5.92. The summed E-state index contributed by atoms with van der Waals surface area (Å²) in [4.78, 5) is 0. The van der Waals surface area contributed by atoms with Crippen molar-refractivity contribution in [1.82, 2.24) is 0 Å². The Morgan fingerprint density at radius 1 is 1.26 bits per heavy atom. The third kappa shape index (κ3) is 5.78. The molecule has 1 rings (SSSR count). The molecule has 1 nitrogen and oxygen atoms in total. The molecule has 0 aliphatic rings. The normalized spacial score (nSPS) is 14.7. The Kier molecular flexibility index (Phi) is 5.88. The largest absolute Gasteiger partial charge is 0.508 e. The Hall–Kier alpha value is -1.50. The van der Waals surface area contributed by atoms with Gasteiger partial charge in [-0.2, -0.15) is 0 Å². The van der Waals surface area contributed by atoms with Gasteiger partial charge in [-0.15, -0.1) is 6.58 Å². The lowest BCUT2D eigenvalue weighted by atomic mass is 9.83. The van der Waals surface area contributed by atoms with Crippen molar-refractivity contribution in [3.63, 3.8) is 0 Å². The van der Waals surface area contributed by atoms with Gasteiger partial charge in [0.25, 0.3) is 0 Å². The molecule has 0 radical (unpaired) electrons. The van der Waals surface area contributed by atoms with Crippen LogP contribution in [0.1, 0.15) is 45.6 Å². The van der Waals surface area contributed by atoms with E-state index in [-0.39, 0.29) is 5.41 Å². The van der Waals surface area contributed by atoms with Gasteiger partial charge >= 0.3 is 0 Å². The first-order valence-corrected chi connectivity index (χ1v) is 7.07. The smallest absolute Gasteiger partial charge is 0.115 e. The lowest BCUT2D eigenvalue weighted by Crippen LogP contribution is -2.09. The molecule has 0 aliphatic carbocycles. The van der Waals surface area contributed by atoms with Gasteiger partial charge in [0.2, 0.25) is 0 Å². The maximum Gasteiger partial charge on any atom is 0.115 e. The molecule has 1 N–H and O–H groups in total. The molecular formula is C18H26O. The number of hydrogen-bond donors (Lipinski definition) is 1. The molecule has 1 atom stereocenters. The molecule has 0 bridgehead atoms. The number of aromatic hydroxyl groups is 1. The van der Waals surface area contributed by atoms with Gasteiger partial charge in [-0.05, 0) is 30.0 Å². The van der Waals surface area contributed by atoms with Gasteiger partial charge in [0.1, 0.15) is 5.75 Å². The van der Waals surface area contributed by atoms with Crippen LogP contribution in [0.3, 0.4) is 0 Å². The fourth-order valence-electron chi connectivity index (χ4n) is 2.02. The summed E-state index contributed by atoms with van der Waals surface area (Å²) in [5.41, 5.74) is 1.15. The minimum atomic E-state index is 0.0484. The minimum Gasteiger partial charge on any atom is -0.508 e. The molecule has 0 aromatic heterocycles. The zero-order valence-corrected chi connectivity index (χ0v) is 12.4. The molecule has 1 aromatic rings. The quantitative estimate of drug-likeness (QED) is 0.647. The molecule has 1 aromatic carbocycles. The Labute approximate surface area is 117 Å². The molecule has 104 valence electrons. The maximum absolute atomic E-state index is 9.26. The summed E-state index contributed by atoms with van der Waals surface area (Å²) < 4.78 is 0. The van der Waals surface area contributed by atoms with Gasteiger partial charge < -0.3 is 5.11 Å². The van der Waals surface area contributed by atoms with Crippen LogP contribution in [-0.4, -0.2) is 5.11 Å². The van der Waals surface area contributed by atoms with Crippen LogP contribution in [-0.2, 0) is 0 Å². The molecule has 0 spiro atoms. The Morgan fingerprint density at radius 3 is 2.42 bits per heavy atom. The Morgan fingerprint density at radius 2 is 1.89 bits per heavy atom. The second-order valence-electron chi connectivity index (χ2n) is 5.92. The van der Waals surface area contributed by atoms with E-state index in [1.54, 1.807) is 12.1 Å². The van der Waals surface area contributed by atoms with Gasteiger partial charge in [0, 0.05) is 5.41 Å². The van der Waals surface area contributed by atoms with Gasteiger partial charge in [0.15, 0.2) is 0 Å². The maximum atomic E-state index is 9.26. The number of allylic oxidation sites excluding steroid dienone is 2. The van der Waals surface area contributed by atoms with Crippen LogP contribution < -0.4 is 0 Å². The molecule has 0 saturated heterocycles. The van der Waals surface area contributed by atoms with Crippen LogP contribution in [0, 0.1) is 11.3 Å². The average Bonchev–Trinajstić information content (AvgIpc) is 2.38. The first-order valence-electron chi connectivity index (χ1n) is 7.07. The van der Waals surface area contributed by atoms with Crippen LogP contribution >= 0.6 is 0 Å². The van der Waals surface area contributed by atoms with Crippen molar-refractivity contribution >= 4 is 6.08 Å². The van der Waals surface area contributed by atoms with Crippen molar-refractivity contribution in [2.24, 2.45) is 11.3 Å². The summed E-state index contributed by atoms with van der Waals surface area (Å²) in [7, 11) is 0. The molecule has 19 heavy (non-hydrogen) atoms. The summed E-state index contributed by atoms with van der Waals surface area (Å²) in [5.74, 6) is 1.07. The highest BCUT2D eigenvalue weighted by Gasteiger charge is 2.15. The van der Waals surface area contributed by atoms with Crippen molar-refractivity contribution in [3.8, 4) is 5.75 Å². The van der Waals surface area contributed by atoms with Crippen LogP contribution in [0.15, 0.2) is 43.0 Å². The zero-order valence-electron chi connectivity index (χ0n) is 12.4. The third-order valence-electron chi connectivity index (χ3n) is 3.51. The Balaban J connectivity index is 2.63. The number of phenolic OH excluding ortho intramolecular Hbond substituents is 1. The highest BCUT2D eigenvalue weighted by Crippen LogP contribution is 2.29. The summed E-state index contributed by atoms with van der Waals surface area (Å²) >= 11 is 0. The third-order valence-corrected chi connectivity index (χ3v) is 3.51. The summed E-state index contributed by atoms with van der Waals surface area (Å²) in [5, 5.41) is 9.26. The predicted molar refractivity (Wildman–Crippen MR) is 84.1 cm³/mol. The van der Waals surface area contributed by atoms with Crippen LogP contribution in [0.4, 0.5) is 0 Å². The predicted octanol–water partition coefficient (Wildman–Crippen LogP) is 5.42. The van der Waals surface area contributed by atoms with E-state index >= 15 is 0 Å². The molecule has 1 heteroatoms. The van der Waals surface area contributed by atoms with Crippen LogP contribution in [0.5, 0.6) is 5.75 Å². The summed E-state index contributed by atoms with van der Waals surface area (Å²) in [6, 6.07) is 7.26. The van der Waals surface area contributed by atoms with Crippen molar-refractivity contribution < 1.29 is 5.11 Å². The van der Waals surface area contributed by atoms with Crippen LogP contribution in [0.2, 0.25) is 0 Å². The highest BCUT2D eigenvalue weighted by atomic mass is 16.3. The fraction of sp³-hybridized carbons (Fsp3) is 0.444. The zero-order chi connectivity index (χ0) is 14.3. The van der Waals surface area contributed by atoms with E-state index in [9.17, 15) is 5.11 Å². The first-order chi connectivity index (χ1) is 8.95. The van der Waals surface area contributed by atoms with E-state index in [0.717, 1.165) is 17.9 Å². The van der Waals surface area contributed by atoms with Crippen molar-refractivity contribution in [3.05, 3.63) is 48.6 Å². The second kappa shape index (κ2) is 7.18. The van der Waals surface area contributed by atoms with E-state index in [0.29, 0.717) is 5.75 Å².